The molecule has 128 valence electrons. The van der Waals surface area contributed by atoms with Gasteiger partial charge in [0.25, 0.3) is 0 Å². The van der Waals surface area contributed by atoms with Crippen LogP contribution in [0, 0.1) is 37.2 Å². The van der Waals surface area contributed by atoms with Crippen LogP contribution < -0.4 is 0 Å². The van der Waals surface area contributed by atoms with Crippen LogP contribution in [0.1, 0.15) is 42.4 Å². The second kappa shape index (κ2) is 7.39. The van der Waals surface area contributed by atoms with E-state index in [-0.39, 0.29) is 37.0 Å². The largest absolute Gasteiger partial charge is 0.317 e. The molecule has 1 saturated carbocycles. The second-order valence-electron chi connectivity index (χ2n) is 6.59. The first-order valence-electron chi connectivity index (χ1n) is 8.14. The molecule has 0 aliphatic heterocycles. The van der Waals surface area contributed by atoms with E-state index in [9.17, 15) is 4.39 Å². The summed E-state index contributed by atoms with van der Waals surface area (Å²) < 4.78 is 15.8. The number of benzene rings is 1. The van der Waals surface area contributed by atoms with Crippen LogP contribution in [0.5, 0.6) is 0 Å². The SMILES string of the molecule is Cn1c(C2CC=CC=C2Cl)nnc1C1(c2cc[c-]cc2)CC(F)C1.[U]. The topological polar surface area (TPSA) is 30.7 Å². The third-order valence-electron chi connectivity index (χ3n) is 5.16. The summed E-state index contributed by atoms with van der Waals surface area (Å²) in [6, 6.07) is 10.7. The van der Waals surface area contributed by atoms with Crippen LogP contribution >= 0.6 is 11.6 Å². The fraction of sp³-hybridized carbons (Fsp3) is 0.368. The maximum absolute atomic E-state index is 13.8. The van der Waals surface area contributed by atoms with Crippen LogP contribution in [-0.2, 0) is 12.5 Å². The second-order valence-corrected chi connectivity index (χ2v) is 7.02. The number of hydrogen-bond donors (Lipinski definition) is 0. The van der Waals surface area contributed by atoms with Gasteiger partial charge in [0.2, 0.25) is 0 Å². The maximum atomic E-state index is 13.8. The Labute approximate surface area is 175 Å². The molecule has 0 radical (unpaired) electrons. The first kappa shape index (κ1) is 18.9. The van der Waals surface area contributed by atoms with Crippen LogP contribution in [0.4, 0.5) is 4.39 Å². The normalized spacial score (nSPS) is 28.0. The monoisotopic (exact) mass is 580 g/mol. The number of rotatable bonds is 3. The Morgan fingerprint density at radius 1 is 1.28 bits per heavy atom. The average molecular weight is 581 g/mol. The van der Waals surface area contributed by atoms with E-state index in [2.05, 4.69) is 22.3 Å². The summed E-state index contributed by atoms with van der Waals surface area (Å²) in [4.78, 5) is 0. The first-order chi connectivity index (χ1) is 11.6. The summed E-state index contributed by atoms with van der Waals surface area (Å²) in [6.45, 7) is 0. The van der Waals surface area contributed by atoms with Crippen molar-refractivity contribution in [1.82, 2.24) is 14.8 Å². The predicted octanol–water partition coefficient (Wildman–Crippen LogP) is 4.20. The minimum Gasteiger partial charge on any atom is -0.317 e. The van der Waals surface area contributed by atoms with E-state index in [1.807, 2.05) is 48.0 Å². The van der Waals surface area contributed by atoms with E-state index >= 15 is 0 Å². The van der Waals surface area contributed by atoms with Crippen LogP contribution in [0.15, 0.2) is 47.5 Å². The van der Waals surface area contributed by atoms with Crippen LogP contribution in [-0.4, -0.2) is 20.9 Å². The number of nitrogens with zero attached hydrogens (tertiary/aromatic N) is 3. The van der Waals surface area contributed by atoms with Crippen molar-refractivity contribution in [1.29, 1.82) is 0 Å². The van der Waals surface area contributed by atoms with Gasteiger partial charge < -0.3 is 4.57 Å². The molecular formula is C19H18ClFN3U-. The van der Waals surface area contributed by atoms with Gasteiger partial charge in [-0.25, -0.2) is 4.39 Å². The number of allylic oxidation sites excluding steroid dienone is 4. The van der Waals surface area contributed by atoms with Gasteiger partial charge in [-0.2, -0.15) is 30.3 Å². The zero-order valence-electron chi connectivity index (χ0n) is 13.9. The molecule has 1 heterocycles. The molecule has 0 bridgehead atoms. The summed E-state index contributed by atoms with van der Waals surface area (Å²) in [6.07, 6.45) is 6.82. The van der Waals surface area contributed by atoms with Crippen molar-refractivity contribution in [3.63, 3.8) is 0 Å². The molecule has 4 rings (SSSR count). The van der Waals surface area contributed by atoms with E-state index in [1.165, 1.54) is 0 Å². The van der Waals surface area contributed by atoms with Crippen LogP contribution in [0.3, 0.4) is 0 Å². The van der Waals surface area contributed by atoms with Crippen molar-refractivity contribution in [2.75, 3.05) is 0 Å². The fourth-order valence-corrected chi connectivity index (χ4v) is 4.10. The van der Waals surface area contributed by atoms with Gasteiger partial charge >= 0.3 is 0 Å². The summed E-state index contributed by atoms with van der Waals surface area (Å²) in [5.74, 6) is 1.67. The number of halogens is 2. The van der Waals surface area contributed by atoms with Crippen molar-refractivity contribution in [2.45, 2.75) is 36.8 Å². The zero-order chi connectivity index (χ0) is 16.7. The molecule has 2 aliphatic carbocycles. The molecule has 1 fully saturated rings. The Balaban J connectivity index is 0.00000182. The average Bonchev–Trinajstić information content (AvgIpc) is 2.95. The molecule has 0 saturated heterocycles. The van der Waals surface area contributed by atoms with Gasteiger partial charge in [-0.05, 0) is 25.3 Å². The first-order valence-corrected chi connectivity index (χ1v) is 8.52. The van der Waals surface area contributed by atoms with Crippen molar-refractivity contribution in [2.24, 2.45) is 7.05 Å². The van der Waals surface area contributed by atoms with Gasteiger partial charge in [0, 0.05) is 48.6 Å². The zero-order valence-corrected chi connectivity index (χ0v) is 18.8. The van der Waals surface area contributed by atoms with Crippen LogP contribution in [0.25, 0.3) is 0 Å². The maximum Gasteiger partial charge on any atom is 0.141 e. The summed E-state index contributed by atoms with van der Waals surface area (Å²) in [7, 11) is 1.95. The molecule has 0 N–H and O–H groups in total. The molecule has 25 heavy (non-hydrogen) atoms. The van der Waals surface area contributed by atoms with E-state index in [0.29, 0.717) is 12.8 Å². The van der Waals surface area contributed by atoms with Gasteiger partial charge in [-0.3, -0.25) is 0 Å². The molecule has 2 aromatic rings. The molecule has 1 unspecified atom stereocenters. The van der Waals surface area contributed by atoms with Gasteiger partial charge in [0.15, 0.2) is 0 Å². The predicted molar refractivity (Wildman–Crippen MR) is 91.6 cm³/mol. The third kappa shape index (κ3) is 3.16. The molecule has 3 nitrogen and oxygen atoms in total. The molecule has 2 aliphatic rings. The van der Waals surface area contributed by atoms with Gasteiger partial charge in [0.1, 0.15) is 17.8 Å². The van der Waals surface area contributed by atoms with Crippen molar-refractivity contribution < 1.29 is 35.5 Å². The van der Waals surface area contributed by atoms with Crippen molar-refractivity contribution in [3.8, 4) is 0 Å². The molecule has 1 aromatic heterocycles. The van der Waals surface area contributed by atoms with E-state index in [0.717, 1.165) is 28.7 Å². The minimum absolute atomic E-state index is 0. The smallest absolute Gasteiger partial charge is 0.141 e. The van der Waals surface area contributed by atoms with Gasteiger partial charge in [0.05, 0.1) is 5.92 Å². The summed E-state index contributed by atoms with van der Waals surface area (Å²) >= 11 is 6.37. The van der Waals surface area contributed by atoms with Crippen molar-refractivity contribution >= 4 is 11.6 Å². The Hall–Kier alpha value is -0.888. The molecular weight excluding hydrogens is 563 g/mol. The molecule has 0 amide bonds. The Morgan fingerprint density at radius 3 is 2.64 bits per heavy atom. The quantitative estimate of drug-likeness (QED) is 0.510. The third-order valence-corrected chi connectivity index (χ3v) is 5.54. The molecule has 1 atom stereocenters. The minimum atomic E-state index is -0.796. The molecule has 6 heteroatoms. The Morgan fingerprint density at radius 2 is 2.00 bits per heavy atom. The van der Waals surface area contributed by atoms with E-state index < -0.39 is 11.6 Å². The summed E-state index contributed by atoms with van der Waals surface area (Å²) in [5.41, 5.74) is 0.664. The standard InChI is InChI=1S/C19H18ClFN3.U/c1-24-17(15-9-5-6-10-16(15)20)22-23-18(24)19(11-14(21)12-19)13-7-3-2-4-8-13;/h3-8,10,14-15H,9,11-12H2,1H3;/q-1;. The van der Waals surface area contributed by atoms with E-state index in [4.69, 9.17) is 11.6 Å². The fourth-order valence-electron chi connectivity index (χ4n) is 3.84. The number of alkyl halides is 1. The summed E-state index contributed by atoms with van der Waals surface area (Å²) in [5, 5.41) is 9.63. The number of aromatic nitrogens is 3. The number of hydrogen-bond acceptors (Lipinski definition) is 2. The van der Waals surface area contributed by atoms with Gasteiger partial charge in [-0.1, -0.05) is 23.8 Å². The van der Waals surface area contributed by atoms with Gasteiger partial charge in [-0.15, -0.1) is 15.8 Å². The van der Waals surface area contributed by atoms with Crippen molar-refractivity contribution in [3.05, 3.63) is 70.8 Å². The Kier molecular flexibility index (Phi) is 5.58. The van der Waals surface area contributed by atoms with Crippen LogP contribution in [0.2, 0.25) is 0 Å². The molecule has 1 aromatic carbocycles. The Bertz CT molecular complexity index is 809. The molecule has 0 spiro atoms. The van der Waals surface area contributed by atoms with E-state index in [1.54, 1.807) is 0 Å².